The zero-order valence-corrected chi connectivity index (χ0v) is 12.2. The van der Waals surface area contributed by atoms with Crippen molar-refractivity contribution in [3.8, 4) is 0 Å². The van der Waals surface area contributed by atoms with Gasteiger partial charge >= 0.3 is 5.97 Å². The van der Waals surface area contributed by atoms with E-state index in [9.17, 15) is 14.7 Å². The van der Waals surface area contributed by atoms with Crippen LogP contribution in [0.4, 0.5) is 0 Å². The van der Waals surface area contributed by atoms with Crippen LogP contribution in [0.2, 0.25) is 0 Å². The SMILES string of the molecule is CC1(C)CN(C(=O)Cn2cccc2C(=O)O)CC(CO)O1. The molecule has 0 bridgehead atoms. The number of rotatable bonds is 4. The van der Waals surface area contributed by atoms with E-state index in [0.717, 1.165) is 0 Å². The minimum atomic E-state index is -1.07. The fourth-order valence-corrected chi connectivity index (χ4v) is 2.57. The lowest BCUT2D eigenvalue weighted by atomic mass is 10.1. The molecule has 7 heteroatoms. The summed E-state index contributed by atoms with van der Waals surface area (Å²) in [4.78, 5) is 25.0. The summed E-state index contributed by atoms with van der Waals surface area (Å²) in [6.45, 7) is 4.23. The zero-order valence-electron chi connectivity index (χ0n) is 12.2. The molecular formula is C14H20N2O5. The molecule has 0 saturated carbocycles. The topological polar surface area (TPSA) is 92.0 Å². The van der Waals surface area contributed by atoms with Crippen LogP contribution in [0.1, 0.15) is 24.3 Å². The molecule has 1 fully saturated rings. The number of hydrogen-bond donors (Lipinski definition) is 2. The van der Waals surface area contributed by atoms with Gasteiger partial charge in [-0.15, -0.1) is 0 Å². The van der Waals surface area contributed by atoms with Crippen molar-refractivity contribution in [3.63, 3.8) is 0 Å². The van der Waals surface area contributed by atoms with Crippen LogP contribution in [0.5, 0.6) is 0 Å². The maximum absolute atomic E-state index is 12.4. The largest absolute Gasteiger partial charge is 0.477 e. The van der Waals surface area contributed by atoms with Crippen LogP contribution in [0.3, 0.4) is 0 Å². The molecule has 0 radical (unpaired) electrons. The molecule has 1 aliphatic rings. The Morgan fingerprint density at radius 2 is 2.19 bits per heavy atom. The van der Waals surface area contributed by atoms with E-state index in [-0.39, 0.29) is 24.8 Å². The number of carbonyl (C=O) groups excluding carboxylic acids is 1. The van der Waals surface area contributed by atoms with Crippen molar-refractivity contribution in [2.75, 3.05) is 19.7 Å². The summed E-state index contributed by atoms with van der Waals surface area (Å²) in [6.07, 6.45) is 1.15. The number of morpholine rings is 1. The molecule has 7 nitrogen and oxygen atoms in total. The highest BCUT2D eigenvalue weighted by atomic mass is 16.5. The normalized spacial score (nSPS) is 21.3. The number of aromatic nitrogens is 1. The fraction of sp³-hybridized carbons (Fsp3) is 0.571. The van der Waals surface area contributed by atoms with Crippen LogP contribution in [0.15, 0.2) is 18.3 Å². The van der Waals surface area contributed by atoms with Gasteiger partial charge in [0.15, 0.2) is 0 Å². The van der Waals surface area contributed by atoms with E-state index in [0.29, 0.717) is 13.1 Å². The van der Waals surface area contributed by atoms with Gasteiger partial charge in [0.1, 0.15) is 12.2 Å². The number of aliphatic hydroxyl groups is 1. The maximum Gasteiger partial charge on any atom is 0.352 e. The van der Waals surface area contributed by atoms with Gasteiger partial charge in [0.25, 0.3) is 0 Å². The maximum atomic E-state index is 12.4. The van der Waals surface area contributed by atoms with E-state index in [4.69, 9.17) is 9.84 Å². The Hall–Kier alpha value is -1.86. The van der Waals surface area contributed by atoms with Gasteiger partial charge in [-0.3, -0.25) is 4.79 Å². The quantitative estimate of drug-likeness (QED) is 0.827. The van der Waals surface area contributed by atoms with Gasteiger partial charge in [-0.2, -0.15) is 0 Å². The van der Waals surface area contributed by atoms with Crippen LogP contribution < -0.4 is 0 Å². The number of nitrogens with zero attached hydrogens (tertiary/aromatic N) is 2. The predicted molar refractivity (Wildman–Crippen MR) is 74.0 cm³/mol. The Morgan fingerprint density at radius 1 is 1.48 bits per heavy atom. The van der Waals surface area contributed by atoms with E-state index in [2.05, 4.69) is 0 Å². The van der Waals surface area contributed by atoms with Crippen molar-refractivity contribution < 1.29 is 24.5 Å². The minimum absolute atomic E-state index is 0.0388. The third kappa shape index (κ3) is 3.62. The molecule has 1 aromatic heterocycles. The molecule has 116 valence electrons. The fourth-order valence-electron chi connectivity index (χ4n) is 2.57. The monoisotopic (exact) mass is 296 g/mol. The molecule has 0 aromatic carbocycles. The first kappa shape index (κ1) is 15.5. The molecule has 2 rings (SSSR count). The number of aliphatic hydroxyl groups excluding tert-OH is 1. The number of carboxylic acids is 1. The van der Waals surface area contributed by atoms with Crippen molar-refractivity contribution in [1.82, 2.24) is 9.47 Å². The molecule has 0 aliphatic carbocycles. The summed E-state index contributed by atoms with van der Waals surface area (Å²) in [7, 11) is 0. The van der Waals surface area contributed by atoms with E-state index < -0.39 is 17.7 Å². The molecule has 1 aromatic rings. The molecule has 1 amide bonds. The van der Waals surface area contributed by atoms with E-state index in [1.165, 1.54) is 10.6 Å². The highest BCUT2D eigenvalue weighted by molar-refractivity contribution is 5.87. The van der Waals surface area contributed by atoms with Gasteiger partial charge in [0, 0.05) is 19.3 Å². The van der Waals surface area contributed by atoms with Gasteiger partial charge in [0.05, 0.1) is 18.3 Å². The first-order chi connectivity index (χ1) is 9.82. The summed E-state index contributed by atoms with van der Waals surface area (Å²) in [6, 6.07) is 3.05. The third-order valence-electron chi connectivity index (χ3n) is 3.39. The zero-order chi connectivity index (χ0) is 15.6. The number of aromatic carboxylic acids is 1. The second kappa shape index (κ2) is 5.87. The average Bonchev–Trinajstić information content (AvgIpc) is 2.85. The van der Waals surface area contributed by atoms with Gasteiger partial charge in [-0.1, -0.05) is 0 Å². The Labute approximate surface area is 122 Å². The molecule has 2 heterocycles. The molecule has 1 saturated heterocycles. The highest BCUT2D eigenvalue weighted by Gasteiger charge is 2.35. The number of amides is 1. The van der Waals surface area contributed by atoms with Crippen LogP contribution >= 0.6 is 0 Å². The molecule has 1 unspecified atom stereocenters. The lowest BCUT2D eigenvalue weighted by Crippen LogP contribution is -2.56. The molecular weight excluding hydrogens is 276 g/mol. The molecule has 21 heavy (non-hydrogen) atoms. The minimum Gasteiger partial charge on any atom is -0.477 e. The number of hydrogen-bond acceptors (Lipinski definition) is 4. The van der Waals surface area contributed by atoms with E-state index in [1.54, 1.807) is 17.2 Å². The van der Waals surface area contributed by atoms with Crippen molar-refractivity contribution in [1.29, 1.82) is 0 Å². The number of ether oxygens (including phenoxy) is 1. The first-order valence-corrected chi connectivity index (χ1v) is 6.77. The van der Waals surface area contributed by atoms with Gasteiger partial charge in [-0.25, -0.2) is 4.79 Å². The van der Waals surface area contributed by atoms with Gasteiger partial charge < -0.3 is 24.4 Å². The standard InChI is InChI=1S/C14H20N2O5/c1-14(2)9-16(6-10(8-17)21-14)12(18)7-15-5-3-4-11(15)13(19)20/h3-5,10,17H,6-9H2,1-2H3,(H,19,20). The van der Waals surface area contributed by atoms with Crippen molar-refractivity contribution in [2.24, 2.45) is 0 Å². The summed E-state index contributed by atoms with van der Waals surface area (Å²) in [5.74, 6) is -1.26. The summed E-state index contributed by atoms with van der Waals surface area (Å²) in [5.41, 5.74) is -0.456. The number of carbonyl (C=O) groups is 2. The lowest BCUT2D eigenvalue weighted by Gasteiger charge is -2.42. The predicted octanol–water partition coefficient (Wildman–Crippen LogP) is 0.185. The molecule has 2 N–H and O–H groups in total. The van der Waals surface area contributed by atoms with Crippen LogP contribution in [-0.4, -0.2) is 63.0 Å². The average molecular weight is 296 g/mol. The van der Waals surface area contributed by atoms with Crippen LogP contribution in [0, 0.1) is 0 Å². The van der Waals surface area contributed by atoms with Gasteiger partial charge in [-0.05, 0) is 26.0 Å². The Balaban J connectivity index is 2.09. The van der Waals surface area contributed by atoms with E-state index in [1.807, 2.05) is 13.8 Å². The van der Waals surface area contributed by atoms with E-state index >= 15 is 0 Å². The number of carboxylic acid groups (broad SMARTS) is 1. The molecule has 1 aliphatic heterocycles. The highest BCUT2D eigenvalue weighted by Crippen LogP contribution is 2.21. The third-order valence-corrected chi connectivity index (χ3v) is 3.39. The Kier molecular flexibility index (Phi) is 4.34. The summed E-state index contributed by atoms with van der Waals surface area (Å²) in [5, 5.41) is 18.3. The summed E-state index contributed by atoms with van der Waals surface area (Å²) < 4.78 is 7.06. The second-order valence-electron chi connectivity index (χ2n) is 5.78. The Morgan fingerprint density at radius 3 is 2.81 bits per heavy atom. The smallest absolute Gasteiger partial charge is 0.352 e. The van der Waals surface area contributed by atoms with Crippen LogP contribution in [-0.2, 0) is 16.1 Å². The Bertz CT molecular complexity index is 537. The lowest BCUT2D eigenvalue weighted by molar-refractivity contribution is -0.167. The van der Waals surface area contributed by atoms with Crippen molar-refractivity contribution >= 4 is 11.9 Å². The molecule has 0 spiro atoms. The van der Waals surface area contributed by atoms with Crippen molar-refractivity contribution in [2.45, 2.75) is 32.1 Å². The van der Waals surface area contributed by atoms with Crippen LogP contribution in [0.25, 0.3) is 0 Å². The molecule has 1 atom stereocenters. The summed E-state index contributed by atoms with van der Waals surface area (Å²) >= 11 is 0. The first-order valence-electron chi connectivity index (χ1n) is 6.77. The van der Waals surface area contributed by atoms with Gasteiger partial charge in [0.2, 0.25) is 5.91 Å². The van der Waals surface area contributed by atoms with Crippen molar-refractivity contribution in [3.05, 3.63) is 24.0 Å². The second-order valence-corrected chi connectivity index (χ2v) is 5.78.